The van der Waals surface area contributed by atoms with Gasteiger partial charge >= 0.3 is 0 Å². The second-order valence-electron chi connectivity index (χ2n) is 8.46. The highest BCUT2D eigenvalue weighted by molar-refractivity contribution is 6.31. The van der Waals surface area contributed by atoms with Gasteiger partial charge in [-0.05, 0) is 55.9 Å². The zero-order chi connectivity index (χ0) is 22.7. The largest absolute Gasteiger partial charge is 0.362 e. The van der Waals surface area contributed by atoms with Crippen molar-refractivity contribution >= 4 is 40.2 Å². The van der Waals surface area contributed by atoms with Crippen LogP contribution in [0.25, 0.3) is 10.9 Å². The second-order valence-corrected chi connectivity index (χ2v) is 8.86. The minimum Gasteiger partial charge on any atom is -0.362 e. The number of carbonyl (C=O) groups is 1. The summed E-state index contributed by atoms with van der Waals surface area (Å²) in [6, 6.07) is 12.7. The van der Waals surface area contributed by atoms with Crippen LogP contribution in [0.5, 0.6) is 0 Å². The fraction of sp³-hybridized carbons (Fsp3) is 0.375. The van der Waals surface area contributed by atoms with E-state index in [2.05, 4.69) is 15.6 Å². The van der Waals surface area contributed by atoms with E-state index < -0.39 is 11.7 Å². The van der Waals surface area contributed by atoms with Crippen molar-refractivity contribution in [3.8, 4) is 0 Å². The van der Waals surface area contributed by atoms with E-state index in [1.165, 1.54) is 12.1 Å². The quantitative estimate of drug-likeness (QED) is 0.553. The van der Waals surface area contributed by atoms with E-state index in [1.54, 1.807) is 6.07 Å². The van der Waals surface area contributed by atoms with Gasteiger partial charge in [-0.3, -0.25) is 4.79 Å². The van der Waals surface area contributed by atoms with Crippen LogP contribution in [-0.4, -0.2) is 42.6 Å². The molecule has 2 aromatic carbocycles. The summed E-state index contributed by atoms with van der Waals surface area (Å²) in [4.78, 5) is 23.7. The van der Waals surface area contributed by atoms with E-state index >= 15 is 0 Å². The SMILES string of the molecule is CN(C)c1nc(NC2CCC(CNC(=O)c3cccc(Cl)c3F)CC2)nc2ccccc12. The zero-order valence-electron chi connectivity index (χ0n) is 18.2. The van der Waals surface area contributed by atoms with Gasteiger partial charge in [0, 0.05) is 32.1 Å². The van der Waals surface area contributed by atoms with Crippen molar-refractivity contribution in [3.63, 3.8) is 0 Å². The smallest absolute Gasteiger partial charge is 0.254 e. The lowest BCUT2D eigenvalue weighted by molar-refractivity contribution is 0.0939. The predicted octanol–water partition coefficient (Wildman–Crippen LogP) is 4.89. The van der Waals surface area contributed by atoms with E-state index in [9.17, 15) is 9.18 Å². The monoisotopic (exact) mass is 455 g/mol. The number of nitrogens with one attached hydrogen (secondary N) is 2. The Morgan fingerprint density at radius 1 is 1.09 bits per heavy atom. The third kappa shape index (κ3) is 4.93. The fourth-order valence-electron chi connectivity index (χ4n) is 4.17. The van der Waals surface area contributed by atoms with Crippen molar-refractivity contribution in [1.29, 1.82) is 0 Å². The maximum Gasteiger partial charge on any atom is 0.254 e. The van der Waals surface area contributed by atoms with Gasteiger partial charge < -0.3 is 15.5 Å². The molecule has 1 aromatic heterocycles. The number of amides is 1. The highest BCUT2D eigenvalue weighted by Gasteiger charge is 2.23. The summed E-state index contributed by atoms with van der Waals surface area (Å²) in [5, 5.41) is 7.33. The molecule has 3 aromatic rings. The van der Waals surface area contributed by atoms with E-state index in [1.807, 2.05) is 43.3 Å². The molecule has 2 N–H and O–H groups in total. The molecule has 0 aliphatic heterocycles. The van der Waals surface area contributed by atoms with Gasteiger partial charge in [-0.2, -0.15) is 4.98 Å². The minimum atomic E-state index is -0.674. The van der Waals surface area contributed by atoms with Gasteiger partial charge in [-0.25, -0.2) is 9.37 Å². The Labute approximate surface area is 192 Å². The minimum absolute atomic E-state index is 0.0157. The number of nitrogens with zero attached hydrogens (tertiary/aromatic N) is 3. The van der Waals surface area contributed by atoms with Crippen molar-refractivity contribution < 1.29 is 9.18 Å². The lowest BCUT2D eigenvalue weighted by Gasteiger charge is -2.29. The van der Waals surface area contributed by atoms with E-state index in [0.29, 0.717) is 18.4 Å². The van der Waals surface area contributed by atoms with Crippen LogP contribution in [0.1, 0.15) is 36.0 Å². The second kappa shape index (κ2) is 9.69. The number of halogens is 2. The molecule has 0 atom stereocenters. The Morgan fingerprint density at radius 2 is 1.84 bits per heavy atom. The summed E-state index contributed by atoms with van der Waals surface area (Å²) in [7, 11) is 3.96. The molecular formula is C24H27ClFN5O. The summed E-state index contributed by atoms with van der Waals surface area (Å²) in [6.07, 6.45) is 3.84. The van der Waals surface area contributed by atoms with Gasteiger partial charge in [0.15, 0.2) is 5.82 Å². The fourth-order valence-corrected chi connectivity index (χ4v) is 4.34. The van der Waals surface area contributed by atoms with Gasteiger partial charge in [0.25, 0.3) is 5.91 Å². The number of hydrogen-bond acceptors (Lipinski definition) is 5. The molecule has 1 fully saturated rings. The molecule has 32 heavy (non-hydrogen) atoms. The average Bonchev–Trinajstić information content (AvgIpc) is 2.79. The lowest BCUT2D eigenvalue weighted by Crippen LogP contribution is -2.34. The Balaban J connectivity index is 1.32. The number of para-hydroxylation sites is 1. The molecule has 6 nitrogen and oxygen atoms in total. The lowest BCUT2D eigenvalue weighted by atomic mass is 9.86. The number of rotatable bonds is 6. The first kappa shape index (κ1) is 22.3. The average molecular weight is 456 g/mol. The Morgan fingerprint density at radius 3 is 2.59 bits per heavy atom. The molecular weight excluding hydrogens is 429 g/mol. The number of benzene rings is 2. The van der Waals surface area contributed by atoms with Crippen LogP contribution >= 0.6 is 11.6 Å². The molecule has 1 aliphatic carbocycles. The third-order valence-electron chi connectivity index (χ3n) is 5.93. The van der Waals surface area contributed by atoms with E-state index in [4.69, 9.17) is 16.6 Å². The zero-order valence-corrected chi connectivity index (χ0v) is 19.0. The summed E-state index contributed by atoms with van der Waals surface area (Å²) in [6.45, 7) is 0.523. The molecule has 0 spiro atoms. The van der Waals surface area contributed by atoms with Crippen LogP contribution in [0.15, 0.2) is 42.5 Å². The molecule has 1 heterocycles. The molecule has 0 saturated heterocycles. The topological polar surface area (TPSA) is 70.2 Å². The molecule has 1 aliphatic rings. The first-order chi connectivity index (χ1) is 15.4. The highest BCUT2D eigenvalue weighted by Crippen LogP contribution is 2.28. The van der Waals surface area contributed by atoms with Gasteiger partial charge in [0.1, 0.15) is 5.82 Å². The number of carbonyl (C=O) groups excluding carboxylic acids is 1. The molecule has 1 saturated carbocycles. The Hall–Kier alpha value is -2.93. The van der Waals surface area contributed by atoms with Crippen LogP contribution in [0.2, 0.25) is 5.02 Å². The molecule has 1 amide bonds. The van der Waals surface area contributed by atoms with Crippen LogP contribution in [0.4, 0.5) is 16.2 Å². The molecule has 8 heteroatoms. The first-order valence-electron chi connectivity index (χ1n) is 10.8. The summed E-state index contributed by atoms with van der Waals surface area (Å²) in [5.41, 5.74) is 0.899. The summed E-state index contributed by atoms with van der Waals surface area (Å²) in [5.74, 6) is 0.788. The van der Waals surface area contributed by atoms with Crippen molar-refractivity contribution in [2.24, 2.45) is 5.92 Å². The maximum atomic E-state index is 14.0. The summed E-state index contributed by atoms with van der Waals surface area (Å²) >= 11 is 5.77. The van der Waals surface area contributed by atoms with Gasteiger partial charge in [0.05, 0.1) is 16.1 Å². The van der Waals surface area contributed by atoms with Crippen LogP contribution in [-0.2, 0) is 0 Å². The van der Waals surface area contributed by atoms with Gasteiger partial charge in [-0.1, -0.05) is 29.8 Å². The van der Waals surface area contributed by atoms with Gasteiger partial charge in [-0.15, -0.1) is 0 Å². The standard InChI is InChI=1S/C24H27ClFN5O/c1-31(2)22-17-6-3-4-9-20(17)29-24(30-22)28-16-12-10-15(11-13-16)14-27-23(32)18-7-5-8-19(25)21(18)26/h3-9,15-16H,10-14H2,1-2H3,(H,27,32)(H,28,29,30). The molecule has 168 valence electrons. The molecule has 0 unspecified atom stereocenters. The van der Waals surface area contributed by atoms with Crippen molar-refractivity contribution in [3.05, 3.63) is 58.9 Å². The predicted molar refractivity (Wildman–Crippen MR) is 127 cm³/mol. The van der Waals surface area contributed by atoms with Crippen LogP contribution in [0, 0.1) is 11.7 Å². The number of fused-ring (bicyclic) bond motifs is 1. The number of aromatic nitrogens is 2. The normalized spacial score (nSPS) is 18.4. The Kier molecular flexibility index (Phi) is 6.74. The van der Waals surface area contributed by atoms with Crippen molar-refractivity contribution in [1.82, 2.24) is 15.3 Å². The maximum absolute atomic E-state index is 14.0. The Bertz CT molecular complexity index is 1110. The number of anilines is 2. The van der Waals surface area contributed by atoms with E-state index in [0.717, 1.165) is 42.4 Å². The van der Waals surface area contributed by atoms with Crippen LogP contribution in [0.3, 0.4) is 0 Å². The first-order valence-corrected chi connectivity index (χ1v) is 11.2. The third-order valence-corrected chi connectivity index (χ3v) is 6.23. The molecule has 4 rings (SSSR count). The van der Waals surface area contributed by atoms with Crippen molar-refractivity contribution in [2.75, 3.05) is 30.9 Å². The van der Waals surface area contributed by atoms with Crippen LogP contribution < -0.4 is 15.5 Å². The molecule has 0 bridgehead atoms. The number of hydrogen-bond donors (Lipinski definition) is 2. The summed E-state index contributed by atoms with van der Waals surface area (Å²) < 4.78 is 14.0. The molecule has 0 radical (unpaired) electrons. The van der Waals surface area contributed by atoms with E-state index in [-0.39, 0.29) is 16.6 Å². The highest BCUT2D eigenvalue weighted by atomic mass is 35.5. The van der Waals surface area contributed by atoms with Crippen molar-refractivity contribution in [2.45, 2.75) is 31.7 Å². The van der Waals surface area contributed by atoms with Gasteiger partial charge in [0.2, 0.25) is 5.95 Å².